The first-order valence-electron chi connectivity index (χ1n) is 6.58. The fourth-order valence-corrected chi connectivity index (χ4v) is 2.59. The van der Waals surface area contributed by atoms with Gasteiger partial charge in [-0.15, -0.1) is 0 Å². The maximum Gasteiger partial charge on any atom is 0.323 e. The molecule has 3 heteroatoms. The molecule has 0 spiro atoms. The van der Waals surface area contributed by atoms with Gasteiger partial charge in [0.25, 0.3) is 0 Å². The van der Waals surface area contributed by atoms with Crippen molar-refractivity contribution in [1.29, 1.82) is 0 Å². The second-order valence-electron chi connectivity index (χ2n) is 4.93. The van der Waals surface area contributed by atoms with Crippen molar-refractivity contribution < 1.29 is 9.53 Å². The molecule has 1 aromatic carbocycles. The molecule has 1 heterocycles. The third kappa shape index (κ3) is 2.91. The predicted octanol–water partition coefficient (Wildman–Crippen LogP) is 2.52. The summed E-state index contributed by atoms with van der Waals surface area (Å²) in [5, 5.41) is 0. The number of piperidine rings is 1. The van der Waals surface area contributed by atoms with Crippen LogP contribution in [-0.4, -0.2) is 30.6 Å². The molecule has 1 saturated heterocycles. The zero-order valence-electron chi connectivity index (χ0n) is 11.2. The summed E-state index contributed by atoms with van der Waals surface area (Å²) in [6, 6.07) is 8.29. The Kier molecular flexibility index (Phi) is 4.37. The van der Waals surface area contributed by atoms with Gasteiger partial charge < -0.3 is 4.74 Å². The molecule has 0 N–H and O–H groups in total. The molecule has 1 atom stereocenters. The number of carbonyl (C=O) groups is 1. The zero-order chi connectivity index (χ0) is 13.0. The lowest BCUT2D eigenvalue weighted by Gasteiger charge is -2.34. The minimum atomic E-state index is -0.0942. The van der Waals surface area contributed by atoms with E-state index in [-0.39, 0.29) is 12.0 Å². The Morgan fingerprint density at radius 2 is 2.17 bits per heavy atom. The third-order valence-corrected chi connectivity index (χ3v) is 3.72. The van der Waals surface area contributed by atoms with Gasteiger partial charge in [0, 0.05) is 6.54 Å². The molecule has 3 nitrogen and oxygen atoms in total. The highest BCUT2D eigenvalue weighted by atomic mass is 16.5. The van der Waals surface area contributed by atoms with Crippen LogP contribution in [0, 0.1) is 6.92 Å². The molecule has 0 radical (unpaired) electrons. The molecule has 1 fully saturated rings. The van der Waals surface area contributed by atoms with E-state index in [9.17, 15) is 4.79 Å². The molecular formula is C15H21NO2. The lowest BCUT2D eigenvalue weighted by atomic mass is 10.00. The van der Waals surface area contributed by atoms with Crippen LogP contribution in [0.2, 0.25) is 0 Å². The number of rotatable bonds is 3. The van der Waals surface area contributed by atoms with Gasteiger partial charge in [-0.3, -0.25) is 9.69 Å². The van der Waals surface area contributed by atoms with Crippen LogP contribution in [-0.2, 0) is 16.1 Å². The summed E-state index contributed by atoms with van der Waals surface area (Å²) in [5.41, 5.74) is 2.58. The average Bonchev–Trinajstić information content (AvgIpc) is 2.41. The Morgan fingerprint density at radius 3 is 2.89 bits per heavy atom. The van der Waals surface area contributed by atoms with E-state index < -0.39 is 0 Å². The second kappa shape index (κ2) is 6.01. The van der Waals surface area contributed by atoms with Gasteiger partial charge in [-0.05, 0) is 37.4 Å². The Labute approximate surface area is 109 Å². The van der Waals surface area contributed by atoms with Crippen LogP contribution in [0.25, 0.3) is 0 Å². The lowest BCUT2D eigenvalue weighted by molar-refractivity contribution is -0.148. The fourth-order valence-electron chi connectivity index (χ4n) is 2.59. The molecule has 18 heavy (non-hydrogen) atoms. The summed E-state index contributed by atoms with van der Waals surface area (Å²) < 4.78 is 4.91. The average molecular weight is 247 g/mol. The van der Waals surface area contributed by atoms with E-state index in [2.05, 4.69) is 30.0 Å². The molecule has 0 bridgehead atoms. The van der Waals surface area contributed by atoms with Crippen molar-refractivity contribution in [2.24, 2.45) is 0 Å². The number of benzene rings is 1. The quantitative estimate of drug-likeness (QED) is 0.769. The van der Waals surface area contributed by atoms with Gasteiger partial charge in [0.15, 0.2) is 0 Å². The molecular weight excluding hydrogens is 226 g/mol. The summed E-state index contributed by atoms with van der Waals surface area (Å²) in [4.78, 5) is 14.0. The molecule has 1 aliphatic rings. The highest BCUT2D eigenvalue weighted by molar-refractivity contribution is 5.75. The SMILES string of the molecule is COC(=O)[C@@H]1CCCCN1Cc1ccccc1C. The van der Waals surface area contributed by atoms with Gasteiger partial charge in [0.05, 0.1) is 7.11 Å². The van der Waals surface area contributed by atoms with E-state index in [4.69, 9.17) is 4.74 Å². The zero-order valence-corrected chi connectivity index (χ0v) is 11.2. The number of aryl methyl sites for hydroxylation is 1. The van der Waals surface area contributed by atoms with Crippen molar-refractivity contribution in [3.8, 4) is 0 Å². The van der Waals surface area contributed by atoms with E-state index in [1.54, 1.807) is 0 Å². The van der Waals surface area contributed by atoms with Crippen LogP contribution in [0.15, 0.2) is 24.3 Å². The normalized spacial score (nSPS) is 20.7. The molecule has 0 saturated carbocycles. The number of carbonyl (C=O) groups excluding carboxylic acids is 1. The highest BCUT2D eigenvalue weighted by Gasteiger charge is 2.29. The second-order valence-corrected chi connectivity index (χ2v) is 4.93. The van der Waals surface area contributed by atoms with Gasteiger partial charge in [-0.25, -0.2) is 0 Å². The summed E-state index contributed by atoms with van der Waals surface area (Å²) in [6.07, 6.45) is 3.20. The van der Waals surface area contributed by atoms with E-state index in [1.165, 1.54) is 24.7 Å². The van der Waals surface area contributed by atoms with Crippen LogP contribution >= 0.6 is 0 Å². The highest BCUT2D eigenvalue weighted by Crippen LogP contribution is 2.21. The Hall–Kier alpha value is -1.35. The van der Waals surface area contributed by atoms with Crippen molar-refractivity contribution >= 4 is 5.97 Å². The van der Waals surface area contributed by atoms with E-state index in [1.807, 2.05) is 6.07 Å². The van der Waals surface area contributed by atoms with Crippen LogP contribution in [0.5, 0.6) is 0 Å². The summed E-state index contributed by atoms with van der Waals surface area (Å²) >= 11 is 0. The molecule has 0 aliphatic carbocycles. The predicted molar refractivity (Wildman–Crippen MR) is 71.2 cm³/mol. The number of methoxy groups -OCH3 is 1. The first-order valence-corrected chi connectivity index (χ1v) is 6.58. The van der Waals surface area contributed by atoms with E-state index in [0.717, 1.165) is 25.9 Å². The van der Waals surface area contributed by atoms with Crippen molar-refractivity contribution in [2.45, 2.75) is 38.8 Å². The molecule has 0 aromatic heterocycles. The number of hydrogen-bond acceptors (Lipinski definition) is 3. The molecule has 1 aliphatic heterocycles. The van der Waals surface area contributed by atoms with Crippen molar-refractivity contribution in [2.75, 3.05) is 13.7 Å². The van der Waals surface area contributed by atoms with E-state index >= 15 is 0 Å². The van der Waals surface area contributed by atoms with Crippen molar-refractivity contribution in [3.05, 3.63) is 35.4 Å². The molecule has 2 rings (SSSR count). The third-order valence-electron chi connectivity index (χ3n) is 3.72. The lowest BCUT2D eigenvalue weighted by Crippen LogP contribution is -2.44. The monoisotopic (exact) mass is 247 g/mol. The molecule has 1 aromatic rings. The maximum atomic E-state index is 11.8. The van der Waals surface area contributed by atoms with Crippen LogP contribution < -0.4 is 0 Å². The first-order chi connectivity index (χ1) is 8.72. The van der Waals surface area contributed by atoms with Crippen molar-refractivity contribution in [3.63, 3.8) is 0 Å². The largest absolute Gasteiger partial charge is 0.468 e. The van der Waals surface area contributed by atoms with Crippen LogP contribution in [0.4, 0.5) is 0 Å². The molecule has 0 amide bonds. The first kappa shape index (κ1) is 13.1. The maximum absolute atomic E-state index is 11.8. The van der Waals surface area contributed by atoms with Gasteiger partial charge >= 0.3 is 5.97 Å². The minimum absolute atomic E-state index is 0.0663. The van der Waals surface area contributed by atoms with Gasteiger partial charge in [0.2, 0.25) is 0 Å². The standard InChI is InChI=1S/C15H21NO2/c1-12-7-3-4-8-13(12)11-16-10-6-5-9-14(16)15(17)18-2/h3-4,7-8,14H,5-6,9-11H2,1-2H3/t14-/m0/s1. The van der Waals surface area contributed by atoms with Gasteiger partial charge in [0.1, 0.15) is 6.04 Å². The van der Waals surface area contributed by atoms with Gasteiger partial charge in [-0.2, -0.15) is 0 Å². The number of likely N-dealkylation sites (tertiary alicyclic amines) is 1. The number of nitrogens with zero attached hydrogens (tertiary/aromatic N) is 1. The Bertz CT molecular complexity index is 417. The Morgan fingerprint density at radius 1 is 1.39 bits per heavy atom. The Balaban J connectivity index is 2.10. The summed E-state index contributed by atoms with van der Waals surface area (Å²) in [5.74, 6) is -0.0942. The van der Waals surface area contributed by atoms with Crippen molar-refractivity contribution in [1.82, 2.24) is 4.90 Å². The van der Waals surface area contributed by atoms with Crippen LogP contribution in [0.1, 0.15) is 30.4 Å². The smallest absolute Gasteiger partial charge is 0.323 e. The topological polar surface area (TPSA) is 29.5 Å². The number of hydrogen-bond donors (Lipinski definition) is 0. The number of esters is 1. The van der Waals surface area contributed by atoms with E-state index in [0.29, 0.717) is 0 Å². The summed E-state index contributed by atoms with van der Waals surface area (Å²) in [6.45, 7) is 3.94. The number of ether oxygens (including phenoxy) is 1. The van der Waals surface area contributed by atoms with Crippen LogP contribution in [0.3, 0.4) is 0 Å². The minimum Gasteiger partial charge on any atom is -0.468 e. The fraction of sp³-hybridized carbons (Fsp3) is 0.533. The van der Waals surface area contributed by atoms with Gasteiger partial charge in [-0.1, -0.05) is 30.7 Å². The molecule has 98 valence electrons. The summed E-state index contributed by atoms with van der Waals surface area (Å²) in [7, 11) is 1.48. The molecule has 0 unspecified atom stereocenters.